The Kier molecular flexibility index (Phi) is 6.13. The lowest BCUT2D eigenvalue weighted by Gasteiger charge is -2.41. The molecule has 0 saturated carbocycles. The molecule has 1 amide bonds. The third kappa shape index (κ3) is 4.18. The number of ether oxygens (including phenoxy) is 2. The van der Waals surface area contributed by atoms with Crippen LogP contribution in [0.1, 0.15) is 59.8 Å². The Morgan fingerprint density at radius 1 is 0.972 bits per heavy atom. The van der Waals surface area contributed by atoms with Crippen LogP contribution in [0.3, 0.4) is 0 Å². The number of carboxylic acids is 1. The van der Waals surface area contributed by atoms with E-state index in [2.05, 4.69) is 20.8 Å². The third-order valence-corrected chi connectivity index (χ3v) is 7.15. The minimum Gasteiger partial charge on any atom is -0.486 e. The number of hydrogen-bond acceptors (Lipinski definition) is 4. The Labute approximate surface area is 219 Å². The van der Waals surface area contributed by atoms with Crippen molar-refractivity contribution in [1.29, 1.82) is 0 Å². The monoisotopic (exact) mass is 525 g/mol. The molecule has 186 valence electrons. The van der Waals surface area contributed by atoms with E-state index in [1.165, 1.54) is 11.0 Å². The quantitative estimate of drug-likeness (QED) is 0.415. The molecule has 0 bridgehead atoms. The first-order valence-electron chi connectivity index (χ1n) is 11.6. The highest BCUT2D eigenvalue weighted by molar-refractivity contribution is 6.32. The van der Waals surface area contributed by atoms with Crippen LogP contribution in [-0.2, 0) is 10.2 Å². The number of aliphatic carboxylic acids is 1. The van der Waals surface area contributed by atoms with E-state index < -0.39 is 17.9 Å². The second-order valence-corrected chi connectivity index (χ2v) is 10.8. The number of benzene rings is 3. The molecule has 2 heterocycles. The smallest absolute Gasteiger partial charge is 0.313 e. The maximum atomic E-state index is 14.0. The molecule has 2 atom stereocenters. The normalized spacial score (nSPS) is 19.1. The summed E-state index contributed by atoms with van der Waals surface area (Å²) in [6.45, 7) is 6.98. The lowest BCUT2D eigenvalue weighted by molar-refractivity contribution is -0.139. The van der Waals surface area contributed by atoms with Crippen LogP contribution in [0.25, 0.3) is 0 Å². The van der Waals surface area contributed by atoms with Gasteiger partial charge in [0.25, 0.3) is 5.91 Å². The number of fused-ring (bicyclic) bond motifs is 2. The van der Waals surface area contributed by atoms with Gasteiger partial charge < -0.3 is 14.6 Å². The van der Waals surface area contributed by atoms with E-state index in [1.54, 1.807) is 36.4 Å². The molecule has 36 heavy (non-hydrogen) atoms. The summed E-state index contributed by atoms with van der Waals surface area (Å²) in [5, 5.41) is 11.3. The van der Waals surface area contributed by atoms with Crippen LogP contribution in [0.5, 0.6) is 11.5 Å². The second-order valence-electron chi connectivity index (χ2n) is 9.98. The summed E-state index contributed by atoms with van der Waals surface area (Å²) in [6, 6.07) is 14.6. The first kappa shape index (κ1) is 24.5. The maximum Gasteiger partial charge on any atom is 0.313 e. The molecule has 0 fully saturated rings. The Bertz CT molecular complexity index is 1380. The van der Waals surface area contributed by atoms with Crippen molar-refractivity contribution in [2.75, 3.05) is 18.1 Å². The van der Waals surface area contributed by atoms with Gasteiger partial charge in [-0.3, -0.25) is 14.5 Å². The van der Waals surface area contributed by atoms with Crippen molar-refractivity contribution in [3.05, 3.63) is 86.9 Å². The zero-order valence-electron chi connectivity index (χ0n) is 20.0. The van der Waals surface area contributed by atoms with Crippen molar-refractivity contribution >= 4 is 40.8 Å². The van der Waals surface area contributed by atoms with Gasteiger partial charge in [0.1, 0.15) is 19.1 Å². The summed E-state index contributed by atoms with van der Waals surface area (Å²) >= 11 is 12.9. The van der Waals surface area contributed by atoms with Gasteiger partial charge in [0, 0.05) is 21.3 Å². The van der Waals surface area contributed by atoms with Crippen LogP contribution in [0.4, 0.5) is 5.69 Å². The highest BCUT2D eigenvalue weighted by Crippen LogP contribution is 2.48. The Balaban J connectivity index is 1.74. The molecule has 8 heteroatoms. The van der Waals surface area contributed by atoms with Crippen LogP contribution >= 0.6 is 23.2 Å². The molecule has 0 aromatic heterocycles. The van der Waals surface area contributed by atoms with Gasteiger partial charge in [0.05, 0.1) is 6.04 Å². The largest absolute Gasteiger partial charge is 0.486 e. The predicted octanol–water partition coefficient (Wildman–Crippen LogP) is 6.63. The number of carbonyl (C=O) groups excluding carboxylic acids is 1. The molecule has 0 radical (unpaired) electrons. The highest BCUT2D eigenvalue weighted by Gasteiger charge is 2.45. The van der Waals surface area contributed by atoms with Gasteiger partial charge in [-0.05, 0) is 58.5 Å². The molecular formula is C28H25Cl2NO5. The Morgan fingerprint density at radius 2 is 1.69 bits per heavy atom. The summed E-state index contributed by atoms with van der Waals surface area (Å²) < 4.78 is 11.4. The lowest BCUT2D eigenvalue weighted by atomic mass is 9.79. The molecule has 3 aromatic rings. The second kappa shape index (κ2) is 9.02. The zero-order valence-corrected chi connectivity index (χ0v) is 21.6. The molecule has 3 aromatic carbocycles. The number of anilines is 1. The minimum atomic E-state index is -1.06. The zero-order chi connectivity index (χ0) is 25.8. The van der Waals surface area contributed by atoms with Crippen LogP contribution < -0.4 is 14.4 Å². The van der Waals surface area contributed by atoms with Crippen molar-refractivity contribution in [3.63, 3.8) is 0 Å². The fraction of sp³-hybridized carbons (Fsp3) is 0.286. The van der Waals surface area contributed by atoms with Crippen molar-refractivity contribution in [2.45, 2.75) is 38.1 Å². The number of rotatable bonds is 3. The number of halogens is 2. The van der Waals surface area contributed by atoms with Gasteiger partial charge in [-0.1, -0.05) is 62.2 Å². The van der Waals surface area contributed by atoms with Gasteiger partial charge in [0.15, 0.2) is 11.5 Å². The molecule has 0 aliphatic carbocycles. The molecule has 6 nitrogen and oxygen atoms in total. The molecular weight excluding hydrogens is 501 g/mol. The maximum absolute atomic E-state index is 14.0. The van der Waals surface area contributed by atoms with E-state index in [1.807, 2.05) is 12.1 Å². The van der Waals surface area contributed by atoms with E-state index in [4.69, 9.17) is 32.7 Å². The minimum absolute atomic E-state index is 0.208. The van der Waals surface area contributed by atoms with E-state index in [9.17, 15) is 14.7 Å². The van der Waals surface area contributed by atoms with E-state index in [-0.39, 0.29) is 16.9 Å². The van der Waals surface area contributed by atoms with E-state index in [0.717, 1.165) is 5.56 Å². The molecule has 2 aliphatic rings. The van der Waals surface area contributed by atoms with Crippen molar-refractivity contribution in [1.82, 2.24) is 0 Å². The fourth-order valence-electron chi connectivity index (χ4n) is 4.95. The van der Waals surface area contributed by atoms with E-state index >= 15 is 0 Å². The van der Waals surface area contributed by atoms with Crippen molar-refractivity contribution < 1.29 is 24.2 Å². The third-order valence-electron chi connectivity index (χ3n) is 6.61. The SMILES string of the molecule is CC(C)(C)c1ccc(N2C(=O)c3cc(Cl)ccc3C(C(=O)O)C2c2ccc3c(c2)OCCO3)cc1Cl. The van der Waals surface area contributed by atoms with Gasteiger partial charge in [-0.25, -0.2) is 0 Å². The Hall–Kier alpha value is -3.22. The summed E-state index contributed by atoms with van der Waals surface area (Å²) in [6.07, 6.45) is 0. The van der Waals surface area contributed by atoms with Crippen LogP contribution in [-0.4, -0.2) is 30.2 Å². The number of carboxylic acid groups (broad SMARTS) is 1. The molecule has 1 N–H and O–H groups in total. The van der Waals surface area contributed by atoms with Gasteiger partial charge in [-0.15, -0.1) is 0 Å². The summed E-state index contributed by atoms with van der Waals surface area (Å²) in [5.41, 5.74) is 2.48. The summed E-state index contributed by atoms with van der Waals surface area (Å²) in [7, 11) is 0. The van der Waals surface area contributed by atoms with Gasteiger partial charge >= 0.3 is 5.97 Å². The van der Waals surface area contributed by atoms with Gasteiger partial charge in [-0.2, -0.15) is 0 Å². The molecule has 0 spiro atoms. The van der Waals surface area contributed by atoms with Crippen LogP contribution in [0, 0.1) is 0 Å². The van der Waals surface area contributed by atoms with E-state index in [0.29, 0.717) is 51.6 Å². The number of nitrogens with zero attached hydrogens (tertiary/aromatic N) is 1. The standard InChI is InChI=1S/C28H25Cl2NO5/c1-28(2,3)20-8-6-17(14-21(20)30)31-25(15-4-9-22-23(12-15)36-11-10-35-22)24(27(33)34)18-7-5-16(29)13-19(18)26(31)32/h4-9,12-14,24-25H,10-11H2,1-3H3,(H,33,34). The number of hydrogen-bond donors (Lipinski definition) is 1. The van der Waals surface area contributed by atoms with Crippen molar-refractivity contribution in [2.24, 2.45) is 0 Å². The van der Waals surface area contributed by atoms with Crippen molar-refractivity contribution in [3.8, 4) is 11.5 Å². The summed E-state index contributed by atoms with van der Waals surface area (Å²) in [4.78, 5) is 28.2. The van der Waals surface area contributed by atoms with Crippen LogP contribution in [0.2, 0.25) is 10.0 Å². The Morgan fingerprint density at radius 3 is 2.36 bits per heavy atom. The highest BCUT2D eigenvalue weighted by atomic mass is 35.5. The number of amides is 1. The average Bonchev–Trinajstić information content (AvgIpc) is 2.82. The average molecular weight is 526 g/mol. The molecule has 2 unspecified atom stereocenters. The first-order valence-corrected chi connectivity index (χ1v) is 12.4. The fourth-order valence-corrected chi connectivity index (χ4v) is 5.58. The van der Waals surface area contributed by atoms with Crippen LogP contribution in [0.15, 0.2) is 54.6 Å². The lowest BCUT2D eigenvalue weighted by Crippen LogP contribution is -2.45. The molecule has 0 saturated heterocycles. The topological polar surface area (TPSA) is 76.1 Å². The first-order chi connectivity index (χ1) is 17.1. The van der Waals surface area contributed by atoms with Gasteiger partial charge in [0.2, 0.25) is 0 Å². The number of carbonyl (C=O) groups is 2. The molecule has 5 rings (SSSR count). The predicted molar refractivity (Wildman–Crippen MR) is 139 cm³/mol. The molecule has 2 aliphatic heterocycles. The summed E-state index contributed by atoms with van der Waals surface area (Å²) in [5.74, 6) is -1.38.